The van der Waals surface area contributed by atoms with Crippen molar-refractivity contribution in [2.24, 2.45) is 11.8 Å². The average Bonchev–Trinajstić information content (AvgIpc) is 2.96. The summed E-state index contributed by atoms with van der Waals surface area (Å²) in [4.78, 5) is 0. The number of ether oxygens (including phenoxy) is 4. The highest BCUT2D eigenvalue weighted by Crippen LogP contribution is 2.50. The molecule has 2 aromatic rings. The molecule has 0 spiro atoms. The number of hydrogen-bond donors (Lipinski definition) is 1. The van der Waals surface area contributed by atoms with Gasteiger partial charge >= 0.3 is 0 Å². The van der Waals surface area contributed by atoms with Gasteiger partial charge in [0.1, 0.15) is 0 Å². The van der Waals surface area contributed by atoms with Crippen LogP contribution >= 0.6 is 0 Å². The number of rotatable bonds is 5. The maximum atomic E-state index is 9.84. The Bertz CT molecular complexity index is 773. The van der Waals surface area contributed by atoms with Gasteiger partial charge < -0.3 is 24.1 Å². The van der Waals surface area contributed by atoms with Crippen molar-refractivity contribution in [1.29, 1.82) is 0 Å². The van der Waals surface area contributed by atoms with Crippen LogP contribution in [0.1, 0.15) is 37.2 Å². The van der Waals surface area contributed by atoms with E-state index in [0.717, 1.165) is 11.1 Å². The van der Waals surface area contributed by atoms with Crippen molar-refractivity contribution >= 4 is 0 Å². The molecule has 4 atom stereocenters. The minimum atomic E-state index is -0.0717. The standard InChI is InChI=1S/C21H26O5/c1-12-13(2)21(15-7-9-17(23-3)19(11-15)25-5)26-20(12)14-6-8-16(22)18(10-14)24-4/h6-13,20-22H,1-5H3/t12-,13+,20+,21-/m1/s1. The summed E-state index contributed by atoms with van der Waals surface area (Å²) in [5.41, 5.74) is 2.07. The summed E-state index contributed by atoms with van der Waals surface area (Å²) >= 11 is 0. The zero-order valence-electron chi connectivity index (χ0n) is 15.9. The molecule has 1 aliphatic heterocycles. The molecule has 2 aromatic carbocycles. The van der Waals surface area contributed by atoms with Crippen molar-refractivity contribution in [3.63, 3.8) is 0 Å². The first-order valence-electron chi connectivity index (χ1n) is 8.74. The maximum absolute atomic E-state index is 9.84. The first kappa shape index (κ1) is 18.4. The molecule has 1 N–H and O–H groups in total. The minimum absolute atomic E-state index is 0.0467. The Morgan fingerprint density at radius 3 is 1.77 bits per heavy atom. The van der Waals surface area contributed by atoms with Gasteiger partial charge in [-0.15, -0.1) is 0 Å². The largest absolute Gasteiger partial charge is 0.504 e. The van der Waals surface area contributed by atoms with E-state index < -0.39 is 0 Å². The van der Waals surface area contributed by atoms with E-state index in [0.29, 0.717) is 29.1 Å². The fourth-order valence-corrected chi connectivity index (χ4v) is 3.62. The molecule has 5 nitrogen and oxygen atoms in total. The van der Waals surface area contributed by atoms with E-state index in [2.05, 4.69) is 13.8 Å². The average molecular weight is 358 g/mol. The Morgan fingerprint density at radius 2 is 1.23 bits per heavy atom. The van der Waals surface area contributed by atoms with Crippen LogP contribution in [0.25, 0.3) is 0 Å². The molecule has 0 aliphatic carbocycles. The van der Waals surface area contributed by atoms with Gasteiger partial charge in [-0.05, 0) is 47.2 Å². The summed E-state index contributed by atoms with van der Waals surface area (Å²) < 4.78 is 22.4. The van der Waals surface area contributed by atoms with Crippen LogP contribution in [0, 0.1) is 11.8 Å². The maximum Gasteiger partial charge on any atom is 0.161 e. The van der Waals surface area contributed by atoms with Crippen molar-refractivity contribution in [3.8, 4) is 23.0 Å². The van der Waals surface area contributed by atoms with Crippen LogP contribution in [0.4, 0.5) is 0 Å². The van der Waals surface area contributed by atoms with Gasteiger partial charge in [-0.1, -0.05) is 26.0 Å². The first-order valence-corrected chi connectivity index (χ1v) is 8.74. The molecule has 26 heavy (non-hydrogen) atoms. The molecule has 0 aromatic heterocycles. The molecule has 3 rings (SSSR count). The van der Waals surface area contributed by atoms with E-state index in [1.807, 2.05) is 30.3 Å². The Hall–Kier alpha value is -2.40. The van der Waals surface area contributed by atoms with Crippen LogP contribution in [-0.4, -0.2) is 26.4 Å². The molecule has 1 fully saturated rings. The van der Waals surface area contributed by atoms with Gasteiger partial charge in [0.25, 0.3) is 0 Å². The van der Waals surface area contributed by atoms with Crippen molar-refractivity contribution in [2.45, 2.75) is 26.1 Å². The summed E-state index contributed by atoms with van der Waals surface area (Å²) in [5, 5.41) is 9.84. The predicted octanol–water partition coefficient (Wildman–Crippen LogP) is 4.50. The topological polar surface area (TPSA) is 57.2 Å². The van der Waals surface area contributed by atoms with Gasteiger partial charge in [0.15, 0.2) is 23.0 Å². The summed E-state index contributed by atoms with van der Waals surface area (Å²) in [6.45, 7) is 4.39. The second-order valence-electron chi connectivity index (χ2n) is 6.74. The molecule has 0 bridgehead atoms. The summed E-state index contributed by atoms with van der Waals surface area (Å²) in [6.07, 6.45) is -0.118. The first-order chi connectivity index (χ1) is 12.5. The number of phenolic OH excluding ortho intramolecular Hbond substituents is 1. The molecule has 1 heterocycles. The SMILES string of the molecule is COc1cc([C@H]2O[C@@H](c3ccc(OC)c(OC)c3)[C@@H](C)[C@H]2C)ccc1O. The predicted molar refractivity (Wildman–Crippen MR) is 99.1 cm³/mol. The van der Waals surface area contributed by atoms with Crippen molar-refractivity contribution in [2.75, 3.05) is 21.3 Å². The van der Waals surface area contributed by atoms with Crippen LogP contribution in [-0.2, 0) is 4.74 Å². The highest BCUT2D eigenvalue weighted by molar-refractivity contribution is 5.45. The highest BCUT2D eigenvalue weighted by Gasteiger charge is 2.41. The van der Waals surface area contributed by atoms with E-state index in [1.54, 1.807) is 27.4 Å². The number of aromatic hydroxyl groups is 1. The third-order valence-electron chi connectivity index (χ3n) is 5.35. The number of methoxy groups -OCH3 is 3. The Balaban J connectivity index is 1.90. The van der Waals surface area contributed by atoms with Crippen LogP contribution in [0.15, 0.2) is 36.4 Å². The second-order valence-corrected chi connectivity index (χ2v) is 6.74. The normalized spacial score (nSPS) is 25.1. The van der Waals surface area contributed by atoms with E-state index in [9.17, 15) is 5.11 Å². The lowest BCUT2D eigenvalue weighted by Gasteiger charge is -2.18. The lowest BCUT2D eigenvalue weighted by molar-refractivity contribution is 0.0288. The number of phenols is 1. The zero-order valence-corrected chi connectivity index (χ0v) is 15.9. The third kappa shape index (κ3) is 3.19. The van der Waals surface area contributed by atoms with Crippen LogP contribution in [0.5, 0.6) is 23.0 Å². The molecule has 140 valence electrons. The highest BCUT2D eigenvalue weighted by atomic mass is 16.5. The van der Waals surface area contributed by atoms with Crippen LogP contribution in [0.3, 0.4) is 0 Å². The lowest BCUT2D eigenvalue weighted by Crippen LogP contribution is -2.10. The summed E-state index contributed by atoms with van der Waals surface area (Å²) in [7, 11) is 4.81. The van der Waals surface area contributed by atoms with Gasteiger partial charge in [-0.3, -0.25) is 0 Å². The lowest BCUT2D eigenvalue weighted by atomic mass is 9.85. The summed E-state index contributed by atoms with van der Waals surface area (Å²) in [6, 6.07) is 11.3. The van der Waals surface area contributed by atoms with Gasteiger partial charge in [0.2, 0.25) is 0 Å². The molecule has 0 saturated carbocycles. The van der Waals surface area contributed by atoms with Crippen molar-refractivity contribution in [3.05, 3.63) is 47.5 Å². The van der Waals surface area contributed by atoms with E-state index in [4.69, 9.17) is 18.9 Å². The van der Waals surface area contributed by atoms with Gasteiger partial charge in [0, 0.05) is 0 Å². The minimum Gasteiger partial charge on any atom is -0.504 e. The van der Waals surface area contributed by atoms with E-state index in [-0.39, 0.29) is 18.0 Å². The van der Waals surface area contributed by atoms with Crippen LogP contribution < -0.4 is 14.2 Å². The van der Waals surface area contributed by atoms with Gasteiger partial charge in [-0.25, -0.2) is 0 Å². The van der Waals surface area contributed by atoms with Crippen LogP contribution in [0.2, 0.25) is 0 Å². The molecule has 1 saturated heterocycles. The number of hydrogen-bond acceptors (Lipinski definition) is 5. The quantitative estimate of drug-likeness (QED) is 0.853. The molecule has 0 unspecified atom stereocenters. The smallest absolute Gasteiger partial charge is 0.161 e. The van der Waals surface area contributed by atoms with Gasteiger partial charge in [-0.2, -0.15) is 0 Å². The zero-order chi connectivity index (χ0) is 18.8. The van der Waals surface area contributed by atoms with Crippen molar-refractivity contribution in [1.82, 2.24) is 0 Å². The number of benzene rings is 2. The molecule has 0 amide bonds. The van der Waals surface area contributed by atoms with Gasteiger partial charge in [0.05, 0.1) is 33.5 Å². The third-order valence-corrected chi connectivity index (χ3v) is 5.35. The van der Waals surface area contributed by atoms with Crippen molar-refractivity contribution < 1.29 is 24.1 Å². The fourth-order valence-electron chi connectivity index (χ4n) is 3.62. The molecular formula is C21H26O5. The monoisotopic (exact) mass is 358 g/mol. The molecule has 0 radical (unpaired) electrons. The Labute approximate surface area is 154 Å². The Kier molecular flexibility index (Phi) is 5.28. The summed E-state index contributed by atoms with van der Waals surface area (Å²) in [5.74, 6) is 2.62. The van der Waals surface area contributed by atoms with E-state index >= 15 is 0 Å². The van der Waals surface area contributed by atoms with E-state index in [1.165, 1.54) is 0 Å². The molecular weight excluding hydrogens is 332 g/mol. The molecule has 5 heteroatoms. The second kappa shape index (κ2) is 7.46. The Morgan fingerprint density at radius 1 is 0.731 bits per heavy atom. The molecule has 1 aliphatic rings. The fraction of sp³-hybridized carbons (Fsp3) is 0.429.